The molecule has 2 saturated carbocycles. The van der Waals surface area contributed by atoms with Crippen molar-refractivity contribution in [2.75, 3.05) is 0 Å². The van der Waals surface area contributed by atoms with Gasteiger partial charge in [-0.3, -0.25) is 4.79 Å². The van der Waals surface area contributed by atoms with Gasteiger partial charge in [-0.1, -0.05) is 20.3 Å². The number of amides is 1. The second kappa shape index (κ2) is 2.48. The molecule has 12 heavy (non-hydrogen) atoms. The van der Waals surface area contributed by atoms with Gasteiger partial charge in [0.2, 0.25) is 5.91 Å². The van der Waals surface area contributed by atoms with Gasteiger partial charge in [0.15, 0.2) is 0 Å². The van der Waals surface area contributed by atoms with Gasteiger partial charge in [-0.2, -0.15) is 0 Å². The van der Waals surface area contributed by atoms with Crippen LogP contribution in [-0.4, -0.2) is 11.9 Å². The molecule has 1 unspecified atom stereocenters. The SMILES string of the molecule is CC1(C)CC1NC(=O)C1CCC1. The third kappa shape index (κ3) is 1.35. The molecule has 2 fully saturated rings. The fourth-order valence-electron chi connectivity index (χ4n) is 1.67. The molecule has 0 aromatic heterocycles. The van der Waals surface area contributed by atoms with Crippen LogP contribution in [0.3, 0.4) is 0 Å². The number of carbonyl (C=O) groups excluding carboxylic acids is 1. The van der Waals surface area contributed by atoms with E-state index in [1.807, 2.05) is 0 Å². The van der Waals surface area contributed by atoms with E-state index < -0.39 is 0 Å². The minimum absolute atomic E-state index is 0.303. The number of hydrogen-bond donors (Lipinski definition) is 1. The largest absolute Gasteiger partial charge is 0.353 e. The smallest absolute Gasteiger partial charge is 0.223 e. The van der Waals surface area contributed by atoms with Gasteiger partial charge in [0.1, 0.15) is 0 Å². The summed E-state index contributed by atoms with van der Waals surface area (Å²) < 4.78 is 0. The first kappa shape index (κ1) is 8.09. The van der Waals surface area contributed by atoms with Crippen LogP contribution >= 0.6 is 0 Å². The molecule has 1 atom stereocenters. The maximum atomic E-state index is 11.5. The Bertz CT molecular complexity index is 206. The van der Waals surface area contributed by atoms with Gasteiger partial charge in [-0.15, -0.1) is 0 Å². The molecular formula is C10H17NO. The van der Waals surface area contributed by atoms with E-state index in [9.17, 15) is 4.79 Å². The second-order valence-corrected chi connectivity index (χ2v) is 4.88. The first-order valence-corrected chi connectivity index (χ1v) is 4.90. The molecular weight excluding hydrogens is 150 g/mol. The topological polar surface area (TPSA) is 29.1 Å². The maximum absolute atomic E-state index is 11.5. The Balaban J connectivity index is 1.77. The van der Waals surface area contributed by atoms with Gasteiger partial charge >= 0.3 is 0 Å². The van der Waals surface area contributed by atoms with Crippen molar-refractivity contribution in [1.29, 1.82) is 0 Å². The maximum Gasteiger partial charge on any atom is 0.223 e. The molecule has 0 aliphatic heterocycles. The molecule has 2 aliphatic carbocycles. The van der Waals surface area contributed by atoms with Crippen LogP contribution in [0.25, 0.3) is 0 Å². The highest BCUT2D eigenvalue weighted by atomic mass is 16.2. The molecule has 68 valence electrons. The fraction of sp³-hybridized carbons (Fsp3) is 0.900. The summed E-state index contributed by atoms with van der Waals surface area (Å²) in [5, 5.41) is 3.11. The van der Waals surface area contributed by atoms with Crippen molar-refractivity contribution in [2.45, 2.75) is 45.6 Å². The Kier molecular flexibility index (Phi) is 1.67. The predicted octanol–water partition coefficient (Wildman–Crippen LogP) is 1.70. The molecule has 1 amide bonds. The standard InChI is InChI=1S/C10H17NO/c1-10(2)6-8(10)11-9(12)7-4-3-5-7/h7-8H,3-6H2,1-2H3,(H,11,12). The summed E-state index contributed by atoms with van der Waals surface area (Å²) in [6.07, 6.45) is 4.62. The lowest BCUT2D eigenvalue weighted by Gasteiger charge is -2.24. The Morgan fingerprint density at radius 3 is 2.33 bits per heavy atom. The molecule has 1 N–H and O–H groups in total. The van der Waals surface area contributed by atoms with Crippen LogP contribution in [0.2, 0.25) is 0 Å². The van der Waals surface area contributed by atoms with Crippen LogP contribution < -0.4 is 5.32 Å². The second-order valence-electron chi connectivity index (χ2n) is 4.88. The summed E-state index contributed by atoms with van der Waals surface area (Å²) in [6.45, 7) is 4.41. The molecule has 0 aromatic rings. The Hall–Kier alpha value is -0.530. The zero-order chi connectivity index (χ0) is 8.77. The van der Waals surface area contributed by atoms with E-state index in [-0.39, 0.29) is 0 Å². The van der Waals surface area contributed by atoms with E-state index in [4.69, 9.17) is 0 Å². The highest BCUT2D eigenvalue weighted by molar-refractivity contribution is 5.80. The number of carbonyl (C=O) groups is 1. The van der Waals surface area contributed by atoms with Gasteiger partial charge in [-0.25, -0.2) is 0 Å². The van der Waals surface area contributed by atoms with E-state index in [1.54, 1.807) is 0 Å². The minimum Gasteiger partial charge on any atom is -0.353 e. The Labute approximate surface area is 73.7 Å². The third-order valence-electron chi connectivity index (χ3n) is 3.31. The quantitative estimate of drug-likeness (QED) is 0.666. The van der Waals surface area contributed by atoms with E-state index in [2.05, 4.69) is 19.2 Å². The van der Waals surface area contributed by atoms with Gasteiger partial charge in [0.25, 0.3) is 0 Å². The average molecular weight is 167 g/mol. The van der Waals surface area contributed by atoms with E-state index in [0.29, 0.717) is 23.3 Å². The molecule has 0 aromatic carbocycles. The van der Waals surface area contributed by atoms with Gasteiger partial charge in [-0.05, 0) is 24.7 Å². The van der Waals surface area contributed by atoms with Crippen LogP contribution in [0.4, 0.5) is 0 Å². The highest BCUT2D eigenvalue weighted by Crippen LogP contribution is 2.45. The Morgan fingerprint density at radius 1 is 1.42 bits per heavy atom. The van der Waals surface area contributed by atoms with E-state index in [0.717, 1.165) is 19.3 Å². The highest BCUT2D eigenvalue weighted by Gasteiger charge is 2.47. The third-order valence-corrected chi connectivity index (χ3v) is 3.31. The zero-order valence-electron chi connectivity index (χ0n) is 7.89. The van der Waals surface area contributed by atoms with Crippen LogP contribution in [0.5, 0.6) is 0 Å². The van der Waals surface area contributed by atoms with Crippen LogP contribution in [-0.2, 0) is 4.79 Å². The van der Waals surface area contributed by atoms with Crippen molar-refractivity contribution >= 4 is 5.91 Å². The first-order valence-electron chi connectivity index (χ1n) is 4.90. The molecule has 2 heteroatoms. The van der Waals surface area contributed by atoms with Crippen molar-refractivity contribution in [3.05, 3.63) is 0 Å². The molecule has 0 spiro atoms. The number of nitrogens with one attached hydrogen (secondary N) is 1. The predicted molar refractivity (Wildman–Crippen MR) is 47.7 cm³/mol. The Morgan fingerprint density at radius 2 is 2.00 bits per heavy atom. The molecule has 0 radical (unpaired) electrons. The van der Waals surface area contributed by atoms with Crippen molar-refractivity contribution in [3.63, 3.8) is 0 Å². The van der Waals surface area contributed by atoms with E-state index in [1.165, 1.54) is 6.42 Å². The molecule has 0 heterocycles. The molecule has 2 rings (SSSR count). The normalized spacial score (nSPS) is 32.3. The van der Waals surface area contributed by atoms with Crippen molar-refractivity contribution in [2.24, 2.45) is 11.3 Å². The number of hydrogen-bond acceptors (Lipinski definition) is 1. The average Bonchev–Trinajstić information content (AvgIpc) is 2.33. The van der Waals surface area contributed by atoms with Crippen molar-refractivity contribution in [1.82, 2.24) is 5.32 Å². The summed E-state index contributed by atoms with van der Waals surface area (Å²) in [6, 6.07) is 0.464. The summed E-state index contributed by atoms with van der Waals surface area (Å²) >= 11 is 0. The molecule has 0 bridgehead atoms. The summed E-state index contributed by atoms with van der Waals surface area (Å²) in [5.74, 6) is 0.651. The summed E-state index contributed by atoms with van der Waals surface area (Å²) in [7, 11) is 0. The first-order chi connectivity index (χ1) is 5.59. The van der Waals surface area contributed by atoms with Crippen LogP contribution in [0.1, 0.15) is 39.5 Å². The molecule has 2 aliphatic rings. The minimum atomic E-state index is 0.303. The summed E-state index contributed by atoms with van der Waals surface area (Å²) in [5.41, 5.74) is 0.374. The van der Waals surface area contributed by atoms with Gasteiger partial charge in [0, 0.05) is 12.0 Å². The monoisotopic (exact) mass is 167 g/mol. The van der Waals surface area contributed by atoms with Crippen molar-refractivity contribution in [3.8, 4) is 0 Å². The lowest BCUT2D eigenvalue weighted by Crippen LogP contribution is -2.37. The zero-order valence-corrected chi connectivity index (χ0v) is 7.89. The van der Waals surface area contributed by atoms with Gasteiger partial charge in [0.05, 0.1) is 0 Å². The summed E-state index contributed by atoms with van der Waals surface area (Å²) in [4.78, 5) is 11.5. The fourth-order valence-corrected chi connectivity index (χ4v) is 1.67. The number of rotatable bonds is 2. The van der Waals surface area contributed by atoms with Crippen LogP contribution in [0.15, 0.2) is 0 Å². The van der Waals surface area contributed by atoms with Crippen LogP contribution in [0, 0.1) is 11.3 Å². The molecule has 2 nitrogen and oxygen atoms in total. The molecule has 0 saturated heterocycles. The van der Waals surface area contributed by atoms with E-state index >= 15 is 0 Å². The van der Waals surface area contributed by atoms with Crippen molar-refractivity contribution < 1.29 is 4.79 Å². The lowest BCUT2D eigenvalue weighted by molar-refractivity contribution is -0.127. The van der Waals surface area contributed by atoms with Gasteiger partial charge < -0.3 is 5.32 Å². The lowest BCUT2D eigenvalue weighted by atomic mass is 9.85.